The minimum atomic E-state index is -0.0659. The largest absolute Gasteiger partial charge is 0.383 e. The minimum absolute atomic E-state index is 0.0659. The maximum Gasteiger partial charge on any atom is 0.272 e. The molecular formula is C14H16N2O2S. The zero-order chi connectivity index (χ0) is 13.5. The predicted octanol–water partition coefficient (Wildman–Crippen LogP) is 2.43. The number of thiophene rings is 1. The number of carbonyl (C=O) groups excluding carboxylic acids is 1. The van der Waals surface area contributed by atoms with Crippen LogP contribution in [0.25, 0.3) is 0 Å². The molecule has 0 saturated heterocycles. The summed E-state index contributed by atoms with van der Waals surface area (Å²) in [5.41, 5.74) is 1.60. The highest BCUT2D eigenvalue weighted by molar-refractivity contribution is 7.07. The molecule has 0 aliphatic heterocycles. The van der Waals surface area contributed by atoms with Gasteiger partial charge in [0.1, 0.15) is 5.69 Å². The number of nitrogens with zero attached hydrogens (tertiary/aromatic N) is 2. The molecule has 0 aromatic carbocycles. The second-order valence-corrected chi connectivity index (χ2v) is 4.85. The maximum atomic E-state index is 12.4. The van der Waals surface area contributed by atoms with E-state index in [1.807, 2.05) is 22.9 Å². The lowest BCUT2D eigenvalue weighted by Crippen LogP contribution is -2.33. The average molecular weight is 276 g/mol. The summed E-state index contributed by atoms with van der Waals surface area (Å²) in [5, 5.41) is 4.06. The van der Waals surface area contributed by atoms with Crippen LogP contribution in [0.3, 0.4) is 0 Å². The van der Waals surface area contributed by atoms with Crippen molar-refractivity contribution in [3.8, 4) is 0 Å². The third-order valence-corrected chi connectivity index (χ3v) is 3.42. The van der Waals surface area contributed by atoms with Crippen molar-refractivity contribution in [1.82, 2.24) is 9.88 Å². The molecule has 5 heteroatoms. The number of hydrogen-bond donors (Lipinski definition) is 0. The highest BCUT2D eigenvalue weighted by Gasteiger charge is 2.16. The van der Waals surface area contributed by atoms with Gasteiger partial charge in [-0.1, -0.05) is 6.07 Å². The van der Waals surface area contributed by atoms with Crippen molar-refractivity contribution in [2.75, 3.05) is 20.3 Å². The number of amides is 1. The normalized spacial score (nSPS) is 10.4. The molecule has 0 bridgehead atoms. The number of rotatable bonds is 6. The summed E-state index contributed by atoms with van der Waals surface area (Å²) >= 11 is 1.63. The van der Waals surface area contributed by atoms with Gasteiger partial charge in [0.15, 0.2) is 0 Å². The first kappa shape index (κ1) is 13.7. The molecule has 0 saturated carbocycles. The number of methoxy groups -OCH3 is 1. The fourth-order valence-corrected chi connectivity index (χ4v) is 2.37. The van der Waals surface area contributed by atoms with E-state index in [4.69, 9.17) is 4.74 Å². The zero-order valence-electron chi connectivity index (χ0n) is 10.8. The Morgan fingerprint density at radius 2 is 2.32 bits per heavy atom. The van der Waals surface area contributed by atoms with E-state index in [-0.39, 0.29) is 5.91 Å². The summed E-state index contributed by atoms with van der Waals surface area (Å²) in [4.78, 5) is 18.3. The molecule has 0 spiro atoms. The molecule has 0 radical (unpaired) electrons. The van der Waals surface area contributed by atoms with Crippen molar-refractivity contribution in [1.29, 1.82) is 0 Å². The van der Waals surface area contributed by atoms with Crippen molar-refractivity contribution in [3.63, 3.8) is 0 Å². The van der Waals surface area contributed by atoms with Gasteiger partial charge in [0.05, 0.1) is 6.61 Å². The van der Waals surface area contributed by atoms with Gasteiger partial charge in [0.25, 0.3) is 5.91 Å². The van der Waals surface area contributed by atoms with Crippen LogP contribution in [0.1, 0.15) is 16.1 Å². The van der Waals surface area contributed by atoms with E-state index in [2.05, 4.69) is 4.98 Å². The monoisotopic (exact) mass is 276 g/mol. The van der Waals surface area contributed by atoms with Gasteiger partial charge in [-0.2, -0.15) is 11.3 Å². The Morgan fingerprint density at radius 1 is 1.42 bits per heavy atom. The second-order valence-electron chi connectivity index (χ2n) is 4.07. The van der Waals surface area contributed by atoms with Gasteiger partial charge >= 0.3 is 0 Å². The van der Waals surface area contributed by atoms with E-state index >= 15 is 0 Å². The summed E-state index contributed by atoms with van der Waals surface area (Å²) in [6, 6.07) is 7.38. The lowest BCUT2D eigenvalue weighted by Gasteiger charge is -2.21. The fourth-order valence-electron chi connectivity index (χ4n) is 1.71. The number of pyridine rings is 1. The molecule has 0 aliphatic carbocycles. The molecule has 19 heavy (non-hydrogen) atoms. The minimum Gasteiger partial charge on any atom is -0.383 e. The molecule has 2 rings (SSSR count). The van der Waals surface area contributed by atoms with Gasteiger partial charge in [-0.3, -0.25) is 9.78 Å². The van der Waals surface area contributed by atoms with Crippen LogP contribution in [0, 0.1) is 0 Å². The van der Waals surface area contributed by atoms with Gasteiger partial charge in [0.2, 0.25) is 0 Å². The summed E-state index contributed by atoms with van der Waals surface area (Å²) < 4.78 is 5.07. The van der Waals surface area contributed by atoms with Crippen LogP contribution in [-0.4, -0.2) is 36.1 Å². The predicted molar refractivity (Wildman–Crippen MR) is 75.2 cm³/mol. The molecular weight excluding hydrogens is 260 g/mol. The smallest absolute Gasteiger partial charge is 0.272 e. The van der Waals surface area contributed by atoms with Crippen molar-refractivity contribution < 1.29 is 9.53 Å². The molecule has 4 nitrogen and oxygen atoms in total. The van der Waals surface area contributed by atoms with Crippen LogP contribution in [0.15, 0.2) is 41.2 Å². The van der Waals surface area contributed by atoms with Crippen molar-refractivity contribution in [3.05, 3.63) is 52.5 Å². The molecule has 100 valence electrons. The van der Waals surface area contributed by atoms with E-state index in [9.17, 15) is 4.79 Å². The summed E-state index contributed by atoms with van der Waals surface area (Å²) in [5.74, 6) is -0.0659. The fraction of sp³-hybridized carbons (Fsp3) is 0.286. The van der Waals surface area contributed by atoms with Crippen LogP contribution in [-0.2, 0) is 11.3 Å². The first-order valence-corrected chi connectivity index (χ1v) is 6.96. The first-order valence-electron chi connectivity index (χ1n) is 6.01. The lowest BCUT2D eigenvalue weighted by molar-refractivity contribution is 0.0675. The van der Waals surface area contributed by atoms with Crippen LogP contribution < -0.4 is 0 Å². The van der Waals surface area contributed by atoms with Crippen molar-refractivity contribution in [2.24, 2.45) is 0 Å². The van der Waals surface area contributed by atoms with Crippen molar-refractivity contribution >= 4 is 17.2 Å². The Hall–Kier alpha value is -1.72. The van der Waals surface area contributed by atoms with Crippen LogP contribution in [0.2, 0.25) is 0 Å². The molecule has 0 N–H and O–H groups in total. The van der Waals surface area contributed by atoms with Crippen molar-refractivity contribution in [2.45, 2.75) is 6.54 Å². The van der Waals surface area contributed by atoms with Crippen LogP contribution in [0.4, 0.5) is 0 Å². The zero-order valence-corrected chi connectivity index (χ0v) is 11.6. The van der Waals surface area contributed by atoms with E-state index in [0.717, 1.165) is 5.56 Å². The first-order chi connectivity index (χ1) is 9.31. The van der Waals surface area contributed by atoms with Gasteiger partial charge < -0.3 is 9.64 Å². The van der Waals surface area contributed by atoms with E-state index in [1.54, 1.807) is 41.7 Å². The molecule has 0 unspecified atom stereocenters. The third kappa shape index (κ3) is 3.87. The molecule has 0 fully saturated rings. The molecule has 0 atom stereocenters. The molecule has 2 heterocycles. The standard InChI is InChI=1S/C14H16N2O2S/c1-18-8-7-16(10-12-5-9-19-11-12)14(17)13-4-2-3-6-15-13/h2-6,9,11H,7-8,10H2,1H3. The molecule has 0 aliphatic rings. The van der Waals surface area contributed by atoms with E-state index in [1.165, 1.54) is 0 Å². The number of hydrogen-bond acceptors (Lipinski definition) is 4. The van der Waals surface area contributed by atoms with Gasteiger partial charge in [-0.15, -0.1) is 0 Å². The Balaban J connectivity index is 2.10. The average Bonchev–Trinajstić information content (AvgIpc) is 2.96. The number of aromatic nitrogens is 1. The van der Waals surface area contributed by atoms with Gasteiger partial charge in [-0.05, 0) is 34.5 Å². The summed E-state index contributed by atoms with van der Waals surface area (Å²) in [7, 11) is 1.63. The topological polar surface area (TPSA) is 42.4 Å². The molecule has 1 amide bonds. The highest BCUT2D eigenvalue weighted by atomic mass is 32.1. The molecule has 2 aromatic heterocycles. The van der Waals surface area contributed by atoms with Crippen LogP contribution in [0.5, 0.6) is 0 Å². The Kier molecular flexibility index (Phi) is 5.06. The Labute approximate surface area is 116 Å². The highest BCUT2D eigenvalue weighted by Crippen LogP contribution is 2.11. The summed E-state index contributed by atoms with van der Waals surface area (Å²) in [6.45, 7) is 1.66. The van der Waals surface area contributed by atoms with E-state index < -0.39 is 0 Å². The number of carbonyl (C=O) groups is 1. The maximum absolute atomic E-state index is 12.4. The molecule has 2 aromatic rings. The van der Waals surface area contributed by atoms with Gasteiger partial charge in [0, 0.05) is 26.4 Å². The van der Waals surface area contributed by atoms with Crippen LogP contribution >= 0.6 is 11.3 Å². The van der Waals surface area contributed by atoms with Gasteiger partial charge in [-0.25, -0.2) is 0 Å². The van der Waals surface area contributed by atoms with E-state index in [0.29, 0.717) is 25.4 Å². The summed E-state index contributed by atoms with van der Waals surface area (Å²) in [6.07, 6.45) is 1.63. The SMILES string of the molecule is COCCN(Cc1ccsc1)C(=O)c1ccccn1. The lowest BCUT2D eigenvalue weighted by atomic mass is 10.2. The quantitative estimate of drug-likeness (QED) is 0.814. The Bertz CT molecular complexity index is 499. The Morgan fingerprint density at radius 3 is 2.95 bits per heavy atom. The number of ether oxygens (including phenoxy) is 1. The second kappa shape index (κ2) is 7.01. The third-order valence-electron chi connectivity index (χ3n) is 2.69.